The van der Waals surface area contributed by atoms with Crippen LogP contribution >= 0.6 is 0 Å². The van der Waals surface area contributed by atoms with Gasteiger partial charge in [0.15, 0.2) is 11.6 Å². The molecule has 0 amide bonds. The van der Waals surface area contributed by atoms with Crippen molar-refractivity contribution in [3.63, 3.8) is 0 Å². The molecule has 4 aromatic heterocycles. The Kier molecular flexibility index (Phi) is 41.9. The van der Waals surface area contributed by atoms with Gasteiger partial charge in [-0.25, -0.2) is 15.0 Å². The van der Waals surface area contributed by atoms with Gasteiger partial charge in [-0.1, -0.05) is 181 Å². The molecule has 0 unspecified atom stereocenters. The summed E-state index contributed by atoms with van der Waals surface area (Å²) in [7, 11) is 1.64. The van der Waals surface area contributed by atoms with Crippen LogP contribution in [0.25, 0.3) is 33.5 Å². The zero-order chi connectivity index (χ0) is 87.3. The number of pyridine rings is 1. The van der Waals surface area contributed by atoms with Crippen molar-refractivity contribution in [3.8, 4) is 28.8 Å². The number of methoxy groups -OCH3 is 1. The highest BCUT2D eigenvalue weighted by atomic mass is 16.5. The second-order valence-electron chi connectivity index (χ2n) is 42.3. The van der Waals surface area contributed by atoms with Crippen LogP contribution < -0.4 is 9.47 Å². The fourth-order valence-electron chi connectivity index (χ4n) is 13.7. The van der Waals surface area contributed by atoms with Crippen molar-refractivity contribution in [2.75, 3.05) is 85.8 Å². The molecule has 0 atom stereocenters. The number of ether oxygens (including phenoxy) is 3. The molecular weight excluding hydrogens is 1420 g/mol. The molecule has 7 aromatic rings. The third-order valence-corrected chi connectivity index (χ3v) is 20.4. The molecule has 115 heavy (non-hydrogen) atoms. The number of fused-ring (bicyclic) bond motifs is 4. The van der Waals surface area contributed by atoms with Gasteiger partial charge in [0.2, 0.25) is 5.88 Å². The zero-order valence-corrected chi connectivity index (χ0v) is 80.6. The number of aryl methyl sites for hydroxylation is 2. The van der Waals surface area contributed by atoms with Gasteiger partial charge in [0, 0.05) is 91.9 Å². The molecule has 12 rings (SSSR count). The Hall–Kier alpha value is -5.85. The van der Waals surface area contributed by atoms with Gasteiger partial charge in [0.05, 0.1) is 60.4 Å². The minimum absolute atomic E-state index is 0.0814. The van der Waals surface area contributed by atoms with E-state index in [0.717, 1.165) is 118 Å². The van der Waals surface area contributed by atoms with Gasteiger partial charge in [-0.15, -0.1) is 0 Å². The third-order valence-electron chi connectivity index (χ3n) is 20.4. The highest BCUT2D eigenvalue weighted by molar-refractivity contribution is 5.76. The van der Waals surface area contributed by atoms with Crippen molar-refractivity contribution in [3.05, 3.63) is 118 Å². The molecule has 0 aliphatic carbocycles. The fourth-order valence-corrected chi connectivity index (χ4v) is 13.7. The molecule has 0 saturated carbocycles. The number of aliphatic hydroxyl groups excluding tert-OH is 1. The standard InChI is InChI=1S/C23H25N3O3.C12H16N2.C11H14N2.C11H23N.C9H19N.C8H17NO.C8H17N.C8H19N.C5H12.C4H10/c1-13-19-17(15(12-27)11-24-13)10-18-20(23(2,3)4)25-21(26-22(18)29-19)14-7-6-8-16(9-14)28-5;1-8-5-6-9-10(7-8)14-11(13-9)12(2,3)4;1-11(2,3)10-12-8-6-4-5-7-9(8)13-10;1-11(2,3)12-9-7-5-4-6-8-10-12;1-9(2,3)10-7-5-4-6-8-10;1-8(2,3)9-4-6-10-7-5-9;1-8(2,3)9-6-4-5-7-9;1-6-9(7-2)8(3,4)5;1-5(2,3)4;1-4(2)3/h6-9,11,27H,10,12H2,1-5H3;5-7H,1-4H3,(H,13,14);4-7H,1-3H3,(H,12,13);4-10H2,1-3H3;4-8H2,1-3H3;4-7H2,1-3H3;4-7H2,1-3H3;6-7H2,1-5H3;1-4H3;4H,1-3H3. The van der Waals surface area contributed by atoms with Crippen molar-refractivity contribution in [1.82, 2.24) is 59.4 Å². The molecule has 5 aliphatic rings. The molecule has 3 aromatic carbocycles. The Morgan fingerprint density at radius 2 is 0.904 bits per heavy atom. The van der Waals surface area contributed by atoms with E-state index in [1.165, 1.54) is 109 Å². The van der Waals surface area contributed by atoms with Crippen LogP contribution in [0, 0.1) is 25.2 Å². The van der Waals surface area contributed by atoms with E-state index >= 15 is 0 Å². The number of aromatic nitrogens is 7. The average Bonchev–Trinajstić information content (AvgIpc) is 1.62. The predicted octanol–water partition coefficient (Wildman–Crippen LogP) is 24.5. The number of imidazole rings is 2. The molecular formula is C99H172N12O4. The second kappa shape index (κ2) is 46.6. The van der Waals surface area contributed by atoms with Gasteiger partial charge in [0.1, 0.15) is 17.4 Å². The molecule has 4 saturated heterocycles. The summed E-state index contributed by atoms with van der Waals surface area (Å²) in [5.41, 5.74) is 13.2. The van der Waals surface area contributed by atoms with Crippen molar-refractivity contribution < 1.29 is 19.3 Å². The van der Waals surface area contributed by atoms with Crippen LogP contribution in [0.2, 0.25) is 0 Å². The SMILES string of the molecule is CC(C)(C)C.CC(C)(C)N1CCCC1.CC(C)(C)N1CCCCC1.CC(C)(C)N1CCCCCCC1.CC(C)(C)N1CCOCC1.CC(C)(C)c1nc2ccccc2[nH]1.CC(C)C.CCN(CC)C(C)(C)C.COc1cccc(-c2nc3c(c(C(C)(C)C)n2)Cc2c(CO)cnc(C)c2O3)c1.Cc1ccc2nc(C(C)(C)C)[nH]c2c1. The van der Waals surface area contributed by atoms with Gasteiger partial charge in [-0.3, -0.25) is 29.5 Å². The Labute approximate surface area is 704 Å². The summed E-state index contributed by atoms with van der Waals surface area (Å²) in [5, 5.41) is 9.77. The summed E-state index contributed by atoms with van der Waals surface area (Å²) in [6.07, 6.45) is 16.5. The molecule has 9 heterocycles. The number of aliphatic hydroxyl groups is 1. The fraction of sp³-hybridized carbons (Fsp3) is 0.707. The number of benzene rings is 3. The number of para-hydroxylation sites is 2. The minimum Gasteiger partial charge on any atom is -0.497 e. The number of piperidine rings is 1. The van der Waals surface area contributed by atoms with Crippen molar-refractivity contribution >= 4 is 22.1 Å². The quantitative estimate of drug-likeness (QED) is 0.149. The maximum absolute atomic E-state index is 9.77. The van der Waals surface area contributed by atoms with E-state index in [9.17, 15) is 5.11 Å². The molecule has 0 bridgehead atoms. The maximum atomic E-state index is 9.77. The summed E-state index contributed by atoms with van der Waals surface area (Å²) < 4.78 is 16.9. The monoisotopic (exact) mass is 1590 g/mol. The van der Waals surface area contributed by atoms with Crippen molar-refractivity contribution in [2.24, 2.45) is 11.3 Å². The first-order chi connectivity index (χ1) is 53.0. The minimum atomic E-state index is -0.205. The Bertz CT molecular complexity index is 3770. The summed E-state index contributed by atoms with van der Waals surface area (Å²) in [4.78, 5) is 42.5. The van der Waals surface area contributed by atoms with Gasteiger partial charge in [0.25, 0.3) is 0 Å². The van der Waals surface area contributed by atoms with Gasteiger partial charge in [-0.2, -0.15) is 4.98 Å². The number of aromatic amines is 2. The summed E-state index contributed by atoms with van der Waals surface area (Å²) in [5.74, 6) is 5.52. The number of H-pyrrole nitrogens is 2. The van der Waals surface area contributed by atoms with Gasteiger partial charge >= 0.3 is 0 Å². The molecule has 16 nitrogen and oxygen atoms in total. The van der Waals surface area contributed by atoms with Gasteiger partial charge in [-0.05, 0) is 262 Å². The predicted molar refractivity (Wildman–Crippen MR) is 495 cm³/mol. The van der Waals surface area contributed by atoms with Gasteiger partial charge < -0.3 is 29.3 Å². The first kappa shape index (κ1) is 103. The number of morpholine rings is 1. The van der Waals surface area contributed by atoms with Crippen LogP contribution in [0.4, 0.5) is 0 Å². The Morgan fingerprint density at radius 3 is 1.30 bits per heavy atom. The number of nitrogens with one attached hydrogen (secondary N) is 2. The number of nitrogens with zero attached hydrogens (tertiary/aromatic N) is 10. The van der Waals surface area contributed by atoms with E-state index in [1.54, 1.807) is 13.3 Å². The topological polar surface area (TPSA) is 160 Å². The van der Waals surface area contributed by atoms with Crippen LogP contribution in [0.3, 0.4) is 0 Å². The maximum Gasteiger partial charge on any atom is 0.226 e. The lowest BCUT2D eigenvalue weighted by Gasteiger charge is -2.38. The zero-order valence-electron chi connectivity index (χ0n) is 80.6. The van der Waals surface area contributed by atoms with Crippen LogP contribution in [0.15, 0.2) is 72.9 Å². The van der Waals surface area contributed by atoms with Crippen LogP contribution in [-0.2, 0) is 34.0 Å². The van der Waals surface area contributed by atoms with Crippen LogP contribution in [-0.4, -0.2) is 178 Å². The number of hydrogen-bond donors (Lipinski definition) is 3. The van der Waals surface area contributed by atoms with Crippen LogP contribution in [0.1, 0.15) is 338 Å². The third kappa shape index (κ3) is 38.4. The lowest BCUT2D eigenvalue weighted by atomic mass is 9.85. The van der Waals surface area contributed by atoms with E-state index in [-0.39, 0.29) is 22.9 Å². The lowest BCUT2D eigenvalue weighted by Crippen LogP contribution is -2.47. The normalized spacial score (nSPS) is 16.2. The molecule has 5 aliphatic heterocycles. The van der Waals surface area contributed by atoms with Crippen LogP contribution in [0.5, 0.6) is 17.4 Å². The Balaban J connectivity index is 0.000000348. The van der Waals surface area contributed by atoms with E-state index < -0.39 is 0 Å². The van der Waals surface area contributed by atoms with E-state index in [0.29, 0.717) is 57.0 Å². The number of rotatable bonds is 5. The molecule has 0 spiro atoms. The lowest BCUT2D eigenvalue weighted by molar-refractivity contribution is -0.00389. The average molecular weight is 1590 g/mol. The summed E-state index contributed by atoms with van der Waals surface area (Å²) in [6, 6.07) is 22.1. The molecule has 3 N–H and O–H groups in total. The first-order valence-electron chi connectivity index (χ1n) is 44.1. The smallest absolute Gasteiger partial charge is 0.226 e. The molecule has 652 valence electrons. The first-order valence-corrected chi connectivity index (χ1v) is 44.1. The second-order valence-corrected chi connectivity index (χ2v) is 42.3. The van der Waals surface area contributed by atoms with E-state index in [4.69, 9.17) is 24.2 Å². The number of hydrogen-bond acceptors (Lipinski definition) is 14. The molecule has 16 heteroatoms. The van der Waals surface area contributed by atoms with Crippen molar-refractivity contribution in [1.29, 1.82) is 0 Å². The number of likely N-dealkylation sites (tertiary alicyclic amines) is 3. The summed E-state index contributed by atoms with van der Waals surface area (Å²) >= 11 is 0. The van der Waals surface area contributed by atoms with Crippen molar-refractivity contribution in [2.45, 2.75) is 364 Å². The molecule has 4 fully saturated rings. The highest BCUT2D eigenvalue weighted by Crippen LogP contribution is 2.43. The summed E-state index contributed by atoms with van der Waals surface area (Å²) in [6.45, 7) is 91.3. The highest BCUT2D eigenvalue weighted by Gasteiger charge is 2.33. The van der Waals surface area contributed by atoms with E-state index in [2.05, 4.69) is 309 Å². The largest absolute Gasteiger partial charge is 0.497 e. The molecule has 0 radical (unpaired) electrons. The Morgan fingerprint density at radius 1 is 0.487 bits per heavy atom. The van der Waals surface area contributed by atoms with E-state index in [1.807, 2.05) is 49.4 Å².